The number of rotatable bonds is 4. The first-order valence-electron chi connectivity index (χ1n) is 4.25. The fraction of sp³-hybridized carbons (Fsp3) is 0.444. The molecule has 0 aromatic carbocycles. The van der Waals surface area contributed by atoms with Crippen molar-refractivity contribution in [2.24, 2.45) is 0 Å². The Balaban J connectivity index is 2.59. The zero-order valence-electron chi connectivity index (χ0n) is 8.00. The highest BCUT2D eigenvalue weighted by Crippen LogP contribution is 2.14. The van der Waals surface area contributed by atoms with Crippen molar-refractivity contribution in [1.29, 1.82) is 0 Å². The smallest absolute Gasteiger partial charge is 0.387 e. The van der Waals surface area contributed by atoms with Crippen LogP contribution in [0.2, 0.25) is 0 Å². The van der Waals surface area contributed by atoms with Gasteiger partial charge in [0, 0.05) is 6.04 Å². The topological polar surface area (TPSA) is 34.1 Å². The van der Waals surface area contributed by atoms with Crippen LogP contribution in [-0.2, 0) is 0 Å². The fourth-order valence-corrected chi connectivity index (χ4v) is 0.934. The minimum absolute atomic E-state index is 0.0642. The zero-order chi connectivity index (χ0) is 10.6. The Bertz CT molecular complexity index is 246. The Kier molecular flexibility index (Phi) is 3.62. The van der Waals surface area contributed by atoms with Gasteiger partial charge < -0.3 is 10.1 Å². The number of nitrogens with one attached hydrogen (secondary N) is 1. The number of ether oxygens (including phenoxy) is 1. The molecule has 1 rings (SSSR count). The summed E-state index contributed by atoms with van der Waals surface area (Å²) in [4.78, 5) is 3.90. The minimum Gasteiger partial charge on any atom is -0.433 e. The third-order valence-electron chi connectivity index (χ3n) is 1.40. The van der Waals surface area contributed by atoms with Crippen molar-refractivity contribution in [1.82, 2.24) is 4.98 Å². The summed E-state index contributed by atoms with van der Waals surface area (Å²) in [6.45, 7) is 1.12. The lowest BCUT2D eigenvalue weighted by molar-refractivity contribution is -0.0500. The van der Waals surface area contributed by atoms with Gasteiger partial charge in [-0.05, 0) is 26.0 Å². The number of anilines is 1. The van der Waals surface area contributed by atoms with E-state index in [4.69, 9.17) is 0 Å². The molecule has 0 fully saturated rings. The molecule has 3 nitrogen and oxygen atoms in total. The first-order valence-corrected chi connectivity index (χ1v) is 4.25. The van der Waals surface area contributed by atoms with E-state index >= 15 is 0 Å². The SMILES string of the molecule is CC(C)Nc1ccc(OC(F)F)cn1. The molecule has 1 aromatic rings. The second-order valence-electron chi connectivity index (χ2n) is 3.06. The van der Waals surface area contributed by atoms with Gasteiger partial charge in [-0.1, -0.05) is 0 Å². The van der Waals surface area contributed by atoms with Crippen LogP contribution in [0, 0.1) is 0 Å². The molecule has 0 aliphatic carbocycles. The maximum absolute atomic E-state index is 11.8. The number of alkyl halides is 2. The Morgan fingerprint density at radius 1 is 1.36 bits per heavy atom. The Hall–Kier alpha value is -1.39. The molecular weight excluding hydrogens is 190 g/mol. The van der Waals surface area contributed by atoms with E-state index in [9.17, 15) is 8.78 Å². The molecule has 0 bridgehead atoms. The van der Waals surface area contributed by atoms with E-state index in [1.54, 1.807) is 6.07 Å². The second kappa shape index (κ2) is 4.74. The average molecular weight is 202 g/mol. The Labute approximate surface area is 81.1 Å². The van der Waals surface area contributed by atoms with Crippen molar-refractivity contribution in [3.8, 4) is 5.75 Å². The molecule has 14 heavy (non-hydrogen) atoms. The van der Waals surface area contributed by atoms with Crippen LogP contribution in [0.1, 0.15) is 13.8 Å². The van der Waals surface area contributed by atoms with Crippen molar-refractivity contribution in [3.05, 3.63) is 18.3 Å². The van der Waals surface area contributed by atoms with Gasteiger partial charge in [0.2, 0.25) is 0 Å². The molecule has 0 aliphatic heterocycles. The normalized spacial score (nSPS) is 10.7. The molecule has 1 heterocycles. The van der Waals surface area contributed by atoms with Gasteiger partial charge in [-0.2, -0.15) is 8.78 Å². The number of aromatic nitrogens is 1. The summed E-state index contributed by atoms with van der Waals surface area (Å²) in [5.41, 5.74) is 0. The largest absolute Gasteiger partial charge is 0.433 e. The van der Waals surface area contributed by atoms with Gasteiger partial charge in [0.25, 0.3) is 0 Å². The summed E-state index contributed by atoms with van der Waals surface area (Å²) in [5.74, 6) is 0.705. The molecule has 0 atom stereocenters. The highest BCUT2D eigenvalue weighted by atomic mass is 19.3. The average Bonchev–Trinajstić information content (AvgIpc) is 2.06. The van der Waals surface area contributed by atoms with Crippen LogP contribution in [0.15, 0.2) is 18.3 Å². The molecule has 0 radical (unpaired) electrons. The lowest BCUT2D eigenvalue weighted by Gasteiger charge is -2.09. The highest BCUT2D eigenvalue weighted by Gasteiger charge is 2.04. The maximum atomic E-state index is 11.8. The predicted molar refractivity (Wildman–Crippen MR) is 49.6 cm³/mol. The van der Waals surface area contributed by atoms with Gasteiger partial charge in [0.15, 0.2) is 0 Å². The van der Waals surface area contributed by atoms with E-state index in [1.807, 2.05) is 13.8 Å². The first-order chi connectivity index (χ1) is 6.58. The maximum Gasteiger partial charge on any atom is 0.387 e. The van der Waals surface area contributed by atoms with E-state index in [2.05, 4.69) is 15.0 Å². The lowest BCUT2D eigenvalue weighted by Crippen LogP contribution is -2.11. The Morgan fingerprint density at radius 3 is 2.50 bits per heavy atom. The molecular formula is C9H12F2N2O. The monoisotopic (exact) mass is 202 g/mol. The van der Waals surface area contributed by atoms with Crippen LogP contribution in [0.4, 0.5) is 14.6 Å². The summed E-state index contributed by atoms with van der Waals surface area (Å²) >= 11 is 0. The fourth-order valence-electron chi connectivity index (χ4n) is 0.934. The standard InChI is InChI=1S/C9H12F2N2O/c1-6(2)13-8-4-3-7(5-12-8)14-9(10)11/h3-6,9H,1-2H3,(H,12,13). The van der Waals surface area contributed by atoms with Gasteiger partial charge >= 0.3 is 6.61 Å². The molecule has 0 spiro atoms. The zero-order valence-corrected chi connectivity index (χ0v) is 8.00. The van der Waals surface area contributed by atoms with E-state index in [1.165, 1.54) is 12.3 Å². The van der Waals surface area contributed by atoms with Gasteiger partial charge in [0.1, 0.15) is 11.6 Å². The molecule has 0 saturated carbocycles. The quantitative estimate of drug-likeness (QED) is 0.814. The summed E-state index contributed by atoms with van der Waals surface area (Å²) in [6, 6.07) is 3.30. The molecule has 5 heteroatoms. The van der Waals surface area contributed by atoms with E-state index < -0.39 is 6.61 Å². The first kappa shape index (κ1) is 10.7. The number of nitrogens with zero attached hydrogens (tertiary/aromatic N) is 1. The van der Waals surface area contributed by atoms with E-state index in [0.717, 1.165) is 0 Å². The van der Waals surface area contributed by atoms with Crippen LogP contribution >= 0.6 is 0 Å². The van der Waals surface area contributed by atoms with E-state index in [-0.39, 0.29) is 11.8 Å². The Morgan fingerprint density at radius 2 is 2.07 bits per heavy atom. The molecule has 1 aromatic heterocycles. The molecule has 0 saturated heterocycles. The predicted octanol–water partition coefficient (Wildman–Crippen LogP) is 2.50. The third-order valence-corrected chi connectivity index (χ3v) is 1.40. The summed E-state index contributed by atoms with van der Waals surface area (Å²) < 4.78 is 27.7. The lowest BCUT2D eigenvalue weighted by atomic mass is 10.3. The number of halogens is 2. The highest BCUT2D eigenvalue weighted by molar-refractivity contribution is 5.37. The summed E-state index contributed by atoms with van der Waals surface area (Å²) in [5, 5.41) is 3.03. The van der Waals surface area contributed by atoms with Crippen molar-refractivity contribution in [3.63, 3.8) is 0 Å². The number of pyridine rings is 1. The molecule has 1 N–H and O–H groups in total. The summed E-state index contributed by atoms with van der Waals surface area (Å²) in [6.07, 6.45) is 1.26. The molecule has 0 aliphatic rings. The van der Waals surface area contributed by atoms with Gasteiger partial charge in [-0.3, -0.25) is 0 Å². The minimum atomic E-state index is -2.80. The number of hydrogen-bond acceptors (Lipinski definition) is 3. The van der Waals surface area contributed by atoms with E-state index in [0.29, 0.717) is 5.82 Å². The van der Waals surface area contributed by atoms with Gasteiger partial charge in [-0.15, -0.1) is 0 Å². The molecule has 78 valence electrons. The van der Waals surface area contributed by atoms with Crippen LogP contribution < -0.4 is 10.1 Å². The van der Waals surface area contributed by atoms with Crippen LogP contribution in [-0.4, -0.2) is 17.6 Å². The summed E-state index contributed by atoms with van der Waals surface area (Å²) in [7, 11) is 0. The molecule has 0 unspecified atom stereocenters. The molecule has 0 amide bonds. The van der Waals surface area contributed by atoms with Gasteiger partial charge in [0.05, 0.1) is 6.20 Å². The van der Waals surface area contributed by atoms with Gasteiger partial charge in [-0.25, -0.2) is 4.98 Å². The van der Waals surface area contributed by atoms with Crippen molar-refractivity contribution in [2.75, 3.05) is 5.32 Å². The second-order valence-corrected chi connectivity index (χ2v) is 3.06. The van der Waals surface area contributed by atoms with Crippen molar-refractivity contribution >= 4 is 5.82 Å². The van der Waals surface area contributed by atoms with Crippen molar-refractivity contribution < 1.29 is 13.5 Å². The van der Waals surface area contributed by atoms with Crippen LogP contribution in [0.5, 0.6) is 5.75 Å². The number of hydrogen-bond donors (Lipinski definition) is 1. The van der Waals surface area contributed by atoms with Crippen molar-refractivity contribution in [2.45, 2.75) is 26.5 Å². The van der Waals surface area contributed by atoms with Crippen LogP contribution in [0.25, 0.3) is 0 Å². The third kappa shape index (κ3) is 3.55. The van der Waals surface area contributed by atoms with Crippen LogP contribution in [0.3, 0.4) is 0 Å².